The van der Waals surface area contributed by atoms with Crippen LogP contribution in [0.2, 0.25) is 0 Å². The second kappa shape index (κ2) is 10.8. The van der Waals surface area contributed by atoms with E-state index in [1.165, 1.54) is 19.2 Å². The molecule has 2 heterocycles. The van der Waals surface area contributed by atoms with Crippen molar-refractivity contribution in [1.29, 1.82) is 0 Å². The topological polar surface area (TPSA) is 87.5 Å². The summed E-state index contributed by atoms with van der Waals surface area (Å²) < 4.78 is 18.7. The number of esters is 1. The van der Waals surface area contributed by atoms with Gasteiger partial charge in [-0.05, 0) is 37.5 Å². The SMILES string of the molecule is CCCCCCOc1ccc(C2C(C(=O)OCCC)=C(C)Nc3ncnn32)cc1OC. The molecular weight excluding hydrogens is 396 g/mol. The van der Waals surface area contributed by atoms with Gasteiger partial charge in [0.15, 0.2) is 11.5 Å². The van der Waals surface area contributed by atoms with E-state index in [9.17, 15) is 4.79 Å². The molecule has 0 radical (unpaired) electrons. The van der Waals surface area contributed by atoms with Crippen LogP contribution in [0.4, 0.5) is 5.95 Å². The normalized spacial score (nSPS) is 15.3. The second-order valence-corrected chi connectivity index (χ2v) is 7.55. The van der Waals surface area contributed by atoms with Crippen LogP contribution in [-0.4, -0.2) is 41.1 Å². The Labute approximate surface area is 183 Å². The van der Waals surface area contributed by atoms with Crippen molar-refractivity contribution < 1.29 is 19.0 Å². The predicted molar refractivity (Wildman–Crippen MR) is 118 cm³/mol. The number of hydrogen-bond acceptors (Lipinski definition) is 7. The van der Waals surface area contributed by atoms with Crippen molar-refractivity contribution in [2.75, 3.05) is 25.6 Å². The van der Waals surface area contributed by atoms with Crippen LogP contribution in [0.5, 0.6) is 11.5 Å². The minimum atomic E-state index is -0.476. The zero-order chi connectivity index (χ0) is 22.2. The molecule has 0 spiro atoms. The number of benzene rings is 1. The molecule has 31 heavy (non-hydrogen) atoms. The van der Waals surface area contributed by atoms with E-state index in [1.807, 2.05) is 32.0 Å². The van der Waals surface area contributed by atoms with Crippen molar-refractivity contribution in [3.8, 4) is 11.5 Å². The molecule has 1 aliphatic heterocycles. The quantitative estimate of drug-likeness (QED) is 0.417. The molecule has 3 rings (SSSR count). The van der Waals surface area contributed by atoms with Crippen LogP contribution in [0.3, 0.4) is 0 Å². The van der Waals surface area contributed by atoms with Gasteiger partial charge in [0, 0.05) is 5.70 Å². The first kappa shape index (κ1) is 22.7. The fourth-order valence-corrected chi connectivity index (χ4v) is 3.62. The lowest BCUT2D eigenvalue weighted by molar-refractivity contribution is -0.139. The van der Waals surface area contributed by atoms with Crippen LogP contribution in [0, 0.1) is 0 Å². The summed E-state index contributed by atoms with van der Waals surface area (Å²) >= 11 is 0. The summed E-state index contributed by atoms with van der Waals surface area (Å²) in [5.74, 6) is 1.51. The summed E-state index contributed by atoms with van der Waals surface area (Å²) in [7, 11) is 1.61. The fourth-order valence-electron chi connectivity index (χ4n) is 3.62. The van der Waals surface area contributed by atoms with Gasteiger partial charge in [0.05, 0.1) is 25.9 Å². The lowest BCUT2D eigenvalue weighted by Crippen LogP contribution is -2.29. The van der Waals surface area contributed by atoms with Crippen molar-refractivity contribution in [2.45, 2.75) is 58.9 Å². The minimum Gasteiger partial charge on any atom is -0.493 e. The number of fused-ring (bicyclic) bond motifs is 1. The highest BCUT2D eigenvalue weighted by Gasteiger charge is 2.34. The van der Waals surface area contributed by atoms with E-state index in [4.69, 9.17) is 14.2 Å². The minimum absolute atomic E-state index is 0.362. The first-order valence-electron chi connectivity index (χ1n) is 11.0. The Morgan fingerprint density at radius 3 is 2.71 bits per heavy atom. The molecule has 1 aromatic carbocycles. The summed E-state index contributed by atoms with van der Waals surface area (Å²) in [6, 6.07) is 5.24. The summed E-state index contributed by atoms with van der Waals surface area (Å²) in [5, 5.41) is 7.49. The Kier molecular flexibility index (Phi) is 7.92. The Balaban J connectivity index is 1.90. The predicted octanol–water partition coefficient (Wildman–Crippen LogP) is 4.49. The highest BCUT2D eigenvalue weighted by molar-refractivity contribution is 5.92. The average molecular weight is 429 g/mol. The summed E-state index contributed by atoms with van der Waals surface area (Å²) in [4.78, 5) is 17.2. The third-order valence-corrected chi connectivity index (χ3v) is 5.21. The number of anilines is 1. The zero-order valence-corrected chi connectivity index (χ0v) is 18.8. The van der Waals surface area contributed by atoms with E-state index in [0.29, 0.717) is 41.9 Å². The van der Waals surface area contributed by atoms with Gasteiger partial charge in [0.25, 0.3) is 0 Å². The average Bonchev–Trinajstić information content (AvgIpc) is 3.24. The molecule has 1 N–H and O–H groups in total. The molecule has 1 aromatic heterocycles. The molecule has 0 bridgehead atoms. The number of carbonyl (C=O) groups is 1. The van der Waals surface area contributed by atoms with Gasteiger partial charge < -0.3 is 19.5 Å². The molecule has 8 nitrogen and oxygen atoms in total. The number of nitrogens with zero attached hydrogens (tertiary/aromatic N) is 3. The highest BCUT2D eigenvalue weighted by atomic mass is 16.5. The molecule has 1 unspecified atom stereocenters. The first-order valence-corrected chi connectivity index (χ1v) is 11.0. The molecule has 8 heteroatoms. The first-order chi connectivity index (χ1) is 15.1. The summed E-state index contributed by atoms with van der Waals surface area (Å²) in [5.41, 5.74) is 2.04. The number of aromatic nitrogens is 3. The highest BCUT2D eigenvalue weighted by Crippen LogP contribution is 2.38. The maximum atomic E-state index is 12.9. The second-order valence-electron chi connectivity index (χ2n) is 7.55. The molecule has 0 saturated heterocycles. The number of ether oxygens (including phenoxy) is 3. The van der Waals surface area contributed by atoms with Gasteiger partial charge in [-0.2, -0.15) is 10.1 Å². The number of methoxy groups -OCH3 is 1. The summed E-state index contributed by atoms with van der Waals surface area (Å²) in [6.07, 6.45) is 6.77. The molecule has 0 aliphatic carbocycles. The Morgan fingerprint density at radius 1 is 1.13 bits per heavy atom. The molecule has 2 aromatic rings. The molecule has 0 fully saturated rings. The van der Waals surface area contributed by atoms with Crippen molar-refractivity contribution in [3.05, 3.63) is 41.4 Å². The monoisotopic (exact) mass is 428 g/mol. The largest absolute Gasteiger partial charge is 0.493 e. The van der Waals surface area contributed by atoms with E-state index >= 15 is 0 Å². The lowest BCUT2D eigenvalue weighted by atomic mass is 9.95. The van der Waals surface area contributed by atoms with Gasteiger partial charge in [0.2, 0.25) is 5.95 Å². The Morgan fingerprint density at radius 2 is 1.97 bits per heavy atom. The molecule has 1 aliphatic rings. The van der Waals surface area contributed by atoms with Crippen LogP contribution in [-0.2, 0) is 9.53 Å². The zero-order valence-electron chi connectivity index (χ0n) is 18.8. The summed E-state index contributed by atoms with van der Waals surface area (Å²) in [6.45, 7) is 7.00. The van der Waals surface area contributed by atoms with E-state index in [1.54, 1.807) is 11.8 Å². The van der Waals surface area contributed by atoms with E-state index in [2.05, 4.69) is 22.3 Å². The number of nitrogens with one attached hydrogen (secondary N) is 1. The third kappa shape index (κ3) is 5.18. The number of unbranched alkanes of at least 4 members (excludes halogenated alkanes) is 3. The molecule has 168 valence electrons. The van der Waals surface area contributed by atoms with Gasteiger partial charge in [0.1, 0.15) is 12.4 Å². The van der Waals surface area contributed by atoms with Crippen molar-refractivity contribution >= 4 is 11.9 Å². The standard InChI is InChI=1S/C23H32N4O4/c1-5-7-8-9-13-30-18-11-10-17(14-19(18)29-4)21-20(22(28)31-12-6-2)16(3)26-23-24-15-25-27(21)23/h10-11,14-15,21H,5-9,12-13H2,1-4H3,(H,24,25,26). The van der Waals surface area contributed by atoms with Crippen LogP contribution in [0.1, 0.15) is 64.5 Å². The Hall–Kier alpha value is -3.03. The van der Waals surface area contributed by atoms with Gasteiger partial charge >= 0.3 is 5.97 Å². The lowest BCUT2D eigenvalue weighted by Gasteiger charge is -2.28. The number of hydrogen-bond donors (Lipinski definition) is 1. The van der Waals surface area contributed by atoms with Crippen molar-refractivity contribution in [2.24, 2.45) is 0 Å². The molecule has 1 atom stereocenters. The van der Waals surface area contributed by atoms with E-state index in [-0.39, 0.29) is 5.97 Å². The van der Waals surface area contributed by atoms with Gasteiger partial charge in [-0.25, -0.2) is 9.48 Å². The maximum Gasteiger partial charge on any atom is 0.338 e. The molecular formula is C23H32N4O4. The smallest absolute Gasteiger partial charge is 0.338 e. The fraction of sp³-hybridized carbons (Fsp3) is 0.522. The number of rotatable bonds is 11. The van der Waals surface area contributed by atoms with Crippen LogP contribution in [0.25, 0.3) is 0 Å². The third-order valence-electron chi connectivity index (χ3n) is 5.21. The van der Waals surface area contributed by atoms with E-state index < -0.39 is 6.04 Å². The molecule has 0 amide bonds. The van der Waals surface area contributed by atoms with Crippen molar-refractivity contribution in [1.82, 2.24) is 14.8 Å². The van der Waals surface area contributed by atoms with Gasteiger partial charge in [-0.15, -0.1) is 0 Å². The van der Waals surface area contributed by atoms with E-state index in [0.717, 1.165) is 24.8 Å². The number of allylic oxidation sites excluding steroid dienone is 1. The molecule has 0 saturated carbocycles. The van der Waals surface area contributed by atoms with Crippen LogP contribution >= 0.6 is 0 Å². The van der Waals surface area contributed by atoms with Gasteiger partial charge in [-0.3, -0.25) is 0 Å². The number of carbonyl (C=O) groups excluding carboxylic acids is 1. The Bertz CT molecular complexity index is 922. The van der Waals surface area contributed by atoms with Crippen molar-refractivity contribution in [3.63, 3.8) is 0 Å². The van der Waals surface area contributed by atoms with Crippen LogP contribution < -0.4 is 14.8 Å². The van der Waals surface area contributed by atoms with Crippen LogP contribution in [0.15, 0.2) is 35.8 Å². The maximum absolute atomic E-state index is 12.9. The van der Waals surface area contributed by atoms with Gasteiger partial charge in [-0.1, -0.05) is 39.2 Å².